The summed E-state index contributed by atoms with van der Waals surface area (Å²) in [5.74, 6) is 0. The van der Waals surface area contributed by atoms with Crippen molar-refractivity contribution in [2.75, 3.05) is 7.11 Å². The molecule has 6 nitrogen and oxygen atoms in total. The minimum absolute atomic E-state index is 0.389. The van der Waals surface area contributed by atoms with E-state index in [9.17, 15) is 8.42 Å². The molecule has 1 rings (SSSR count). The Morgan fingerprint density at radius 2 is 2.36 bits per heavy atom. The molecule has 7 heteroatoms. The van der Waals surface area contributed by atoms with E-state index in [0.29, 0.717) is 4.85 Å². The molecule has 1 aromatic rings. The van der Waals surface area contributed by atoms with Gasteiger partial charge >= 0.3 is 10.1 Å². The molecular formula is C4H6N2O4S. The zero-order valence-corrected chi connectivity index (χ0v) is 6.45. The highest BCUT2D eigenvalue weighted by Crippen LogP contribution is 2.04. The first kappa shape index (κ1) is 8.02. The third-order valence-electron chi connectivity index (χ3n) is 1.01. The second-order valence-electron chi connectivity index (χ2n) is 1.70. The molecule has 0 radical (unpaired) electrons. The Morgan fingerprint density at radius 3 is 2.73 bits per heavy atom. The summed E-state index contributed by atoms with van der Waals surface area (Å²) in [4.78, 5) is 5.18. The van der Waals surface area contributed by atoms with Crippen LogP contribution in [0.25, 0.3) is 0 Å². The molecule has 0 aliphatic heterocycles. The molecule has 0 saturated heterocycles. The van der Waals surface area contributed by atoms with Gasteiger partial charge in [-0.15, -0.1) is 5.10 Å². The molecule has 0 aliphatic rings. The highest BCUT2D eigenvalue weighted by molar-refractivity contribution is 7.85. The molecule has 1 heterocycles. The van der Waals surface area contributed by atoms with Gasteiger partial charge in [0.2, 0.25) is 5.03 Å². The summed E-state index contributed by atoms with van der Waals surface area (Å²) in [6.45, 7) is 0. The topological polar surface area (TPSA) is 81.4 Å². The highest BCUT2D eigenvalue weighted by atomic mass is 32.2. The van der Waals surface area contributed by atoms with Crippen molar-refractivity contribution in [1.82, 2.24) is 9.94 Å². The lowest BCUT2D eigenvalue weighted by molar-refractivity contribution is 0.110. The van der Waals surface area contributed by atoms with E-state index in [1.165, 1.54) is 13.3 Å². The summed E-state index contributed by atoms with van der Waals surface area (Å²) in [5, 5.41) is 3.07. The predicted octanol–water partition coefficient (Wildman–Crippen LogP) is -0.812. The van der Waals surface area contributed by atoms with Gasteiger partial charge in [0.25, 0.3) is 0 Å². The molecule has 11 heavy (non-hydrogen) atoms. The van der Waals surface area contributed by atoms with E-state index >= 15 is 0 Å². The Morgan fingerprint density at radius 1 is 1.73 bits per heavy atom. The van der Waals surface area contributed by atoms with Crippen molar-refractivity contribution >= 4 is 10.1 Å². The fourth-order valence-corrected chi connectivity index (χ4v) is 1.15. The first-order valence-corrected chi connectivity index (χ1v) is 4.05. The van der Waals surface area contributed by atoms with Crippen molar-refractivity contribution < 1.29 is 17.8 Å². The zero-order valence-electron chi connectivity index (χ0n) is 5.63. The second-order valence-corrected chi connectivity index (χ2v) is 3.07. The summed E-state index contributed by atoms with van der Waals surface area (Å²) in [6.07, 6.45) is 1.20. The van der Waals surface area contributed by atoms with Crippen molar-refractivity contribution in [3.8, 4) is 0 Å². The van der Waals surface area contributed by atoms with E-state index in [2.05, 4.69) is 9.94 Å². The number of rotatable bonds is 2. The number of hydrogen-bond acceptors (Lipinski definition) is 4. The minimum Gasteiger partial charge on any atom is -0.399 e. The molecule has 62 valence electrons. The maximum absolute atomic E-state index is 10.5. The first-order chi connectivity index (χ1) is 5.05. The van der Waals surface area contributed by atoms with Gasteiger partial charge in [-0.1, -0.05) is 4.85 Å². The molecule has 0 saturated carbocycles. The summed E-state index contributed by atoms with van der Waals surface area (Å²) in [6, 6.07) is 1.12. The molecule has 0 atom stereocenters. The van der Waals surface area contributed by atoms with E-state index in [1.54, 1.807) is 0 Å². The molecule has 0 spiro atoms. The molecule has 0 amide bonds. The zero-order chi connectivity index (χ0) is 8.48. The van der Waals surface area contributed by atoms with Crippen LogP contribution in [0.15, 0.2) is 17.3 Å². The summed E-state index contributed by atoms with van der Waals surface area (Å²) in [5.41, 5.74) is 0. The van der Waals surface area contributed by atoms with Crippen molar-refractivity contribution in [2.45, 2.75) is 5.03 Å². The monoisotopic (exact) mass is 178 g/mol. The van der Waals surface area contributed by atoms with Crippen LogP contribution in [0.5, 0.6) is 0 Å². The van der Waals surface area contributed by atoms with Crippen LogP contribution in [0, 0.1) is 0 Å². The lowest BCUT2D eigenvalue weighted by Gasteiger charge is -1.99. The van der Waals surface area contributed by atoms with Crippen LogP contribution in [0.3, 0.4) is 0 Å². The summed E-state index contributed by atoms with van der Waals surface area (Å²) in [7, 11) is -2.99. The van der Waals surface area contributed by atoms with Crippen molar-refractivity contribution in [1.29, 1.82) is 0 Å². The molecule has 0 aromatic carbocycles. The van der Waals surface area contributed by atoms with E-state index in [0.717, 1.165) is 6.07 Å². The van der Waals surface area contributed by atoms with Gasteiger partial charge in [-0.25, -0.2) is 0 Å². The van der Waals surface area contributed by atoms with Gasteiger partial charge in [-0.05, 0) is 0 Å². The number of hydrogen-bond donors (Lipinski definition) is 1. The molecule has 0 aliphatic carbocycles. The van der Waals surface area contributed by atoms with Crippen LogP contribution in [0.1, 0.15) is 0 Å². The number of nitrogens with zero attached hydrogens (tertiary/aromatic N) is 2. The highest BCUT2D eigenvalue weighted by Gasteiger charge is 2.15. The normalized spacial score (nSPS) is 11.5. The average Bonchev–Trinajstić information content (AvgIpc) is 2.31. The summed E-state index contributed by atoms with van der Waals surface area (Å²) < 4.78 is 29.5. The smallest absolute Gasteiger partial charge is 0.315 e. The molecular weight excluding hydrogens is 172 g/mol. The van der Waals surface area contributed by atoms with E-state index in [1.807, 2.05) is 0 Å². The SMILES string of the molecule is COn1nccc1S(=O)(=O)O. The fraction of sp³-hybridized carbons (Fsp3) is 0.250. The lowest BCUT2D eigenvalue weighted by atomic mass is 10.8. The predicted molar refractivity (Wildman–Crippen MR) is 34.5 cm³/mol. The van der Waals surface area contributed by atoms with E-state index in [4.69, 9.17) is 4.55 Å². The Bertz CT molecular complexity index is 341. The van der Waals surface area contributed by atoms with Gasteiger partial charge in [0, 0.05) is 6.07 Å². The van der Waals surface area contributed by atoms with Gasteiger partial charge < -0.3 is 4.84 Å². The van der Waals surface area contributed by atoms with Crippen molar-refractivity contribution in [3.05, 3.63) is 12.3 Å². The number of aromatic nitrogens is 2. The largest absolute Gasteiger partial charge is 0.399 e. The van der Waals surface area contributed by atoms with Crippen molar-refractivity contribution in [3.63, 3.8) is 0 Å². The maximum Gasteiger partial charge on any atom is 0.315 e. The van der Waals surface area contributed by atoms with Crippen molar-refractivity contribution in [2.24, 2.45) is 0 Å². The van der Waals surface area contributed by atoms with Gasteiger partial charge in [0.1, 0.15) is 7.11 Å². The van der Waals surface area contributed by atoms with Gasteiger partial charge in [0.15, 0.2) is 0 Å². The quantitative estimate of drug-likeness (QED) is 0.599. The molecule has 1 aromatic heterocycles. The molecule has 0 fully saturated rings. The second kappa shape index (κ2) is 2.51. The third kappa shape index (κ3) is 1.49. The molecule has 1 N–H and O–H groups in total. The Labute approximate surface area is 63.1 Å². The first-order valence-electron chi connectivity index (χ1n) is 2.61. The van der Waals surface area contributed by atoms with Crippen LogP contribution in [0.2, 0.25) is 0 Å². The maximum atomic E-state index is 10.5. The standard InChI is InChI=1S/C4H6N2O4S/c1-10-6-4(2-3-5-6)11(7,8)9/h2-3H,1H3,(H,7,8,9). The minimum atomic E-state index is -4.23. The Hall–Kier alpha value is -1.08. The van der Waals surface area contributed by atoms with Crippen LogP contribution < -0.4 is 4.84 Å². The van der Waals surface area contributed by atoms with E-state index in [-0.39, 0.29) is 5.03 Å². The fourth-order valence-electron chi connectivity index (χ4n) is 0.600. The Kier molecular flexibility index (Phi) is 1.83. The van der Waals surface area contributed by atoms with E-state index < -0.39 is 10.1 Å². The lowest BCUT2D eigenvalue weighted by Crippen LogP contribution is -2.14. The van der Waals surface area contributed by atoms with Crippen LogP contribution >= 0.6 is 0 Å². The van der Waals surface area contributed by atoms with Crippen LogP contribution in [-0.2, 0) is 10.1 Å². The third-order valence-corrected chi connectivity index (χ3v) is 1.84. The van der Waals surface area contributed by atoms with Gasteiger partial charge in [-0.3, -0.25) is 4.55 Å². The van der Waals surface area contributed by atoms with Crippen LogP contribution in [-0.4, -0.2) is 30.0 Å². The van der Waals surface area contributed by atoms with Gasteiger partial charge in [0.05, 0.1) is 6.20 Å². The van der Waals surface area contributed by atoms with Gasteiger partial charge in [-0.2, -0.15) is 8.42 Å². The van der Waals surface area contributed by atoms with Crippen LogP contribution in [0.4, 0.5) is 0 Å². The average molecular weight is 178 g/mol. The summed E-state index contributed by atoms with van der Waals surface area (Å²) >= 11 is 0. The molecule has 0 unspecified atom stereocenters. The molecule has 0 bridgehead atoms. The Balaban J connectivity index is 3.24.